The number of hydrogen-bond donors (Lipinski definition) is 1. The van der Waals surface area contributed by atoms with Crippen molar-refractivity contribution in [2.24, 2.45) is 5.92 Å². The van der Waals surface area contributed by atoms with E-state index >= 15 is 0 Å². The Morgan fingerprint density at radius 2 is 1.92 bits per heavy atom. The van der Waals surface area contributed by atoms with Crippen molar-refractivity contribution in [1.82, 2.24) is 15.1 Å². The molecule has 0 spiro atoms. The summed E-state index contributed by atoms with van der Waals surface area (Å²) in [5.74, 6) is 0.380. The van der Waals surface area contributed by atoms with Crippen LogP contribution in [0.4, 0.5) is 0 Å². The molecule has 1 amide bonds. The molecule has 1 saturated heterocycles. The van der Waals surface area contributed by atoms with E-state index in [9.17, 15) is 4.79 Å². The standard InChI is InChI=1S/C21H29N3O2/c1-14(2)19-10-18(23-21(25)16-8-6-5-7-9-16)11-20(26-19)17-12-22-24(13-17)15(3)4/h5-9,12-15,18-20H,10-11H2,1-4H3,(H,23,25)/t18-,19-,20+/m1/s1. The second kappa shape index (κ2) is 8.04. The van der Waals surface area contributed by atoms with Crippen LogP contribution in [0.25, 0.3) is 0 Å². The van der Waals surface area contributed by atoms with Gasteiger partial charge in [0.1, 0.15) is 0 Å². The van der Waals surface area contributed by atoms with E-state index in [1.807, 2.05) is 41.2 Å². The molecule has 0 bridgehead atoms. The quantitative estimate of drug-likeness (QED) is 0.877. The zero-order valence-electron chi connectivity index (χ0n) is 16.1. The minimum Gasteiger partial charge on any atom is -0.370 e. The monoisotopic (exact) mass is 355 g/mol. The third-order valence-corrected chi connectivity index (χ3v) is 4.99. The van der Waals surface area contributed by atoms with Crippen molar-refractivity contribution >= 4 is 5.91 Å². The van der Waals surface area contributed by atoms with Crippen LogP contribution in [0, 0.1) is 5.92 Å². The van der Waals surface area contributed by atoms with E-state index in [1.54, 1.807) is 0 Å². The van der Waals surface area contributed by atoms with E-state index in [4.69, 9.17) is 4.74 Å². The van der Waals surface area contributed by atoms with Crippen LogP contribution < -0.4 is 5.32 Å². The Morgan fingerprint density at radius 1 is 1.19 bits per heavy atom. The third kappa shape index (κ3) is 4.33. The molecule has 1 N–H and O–H groups in total. The van der Waals surface area contributed by atoms with Crippen molar-refractivity contribution in [2.75, 3.05) is 0 Å². The summed E-state index contributed by atoms with van der Waals surface area (Å²) in [7, 11) is 0. The minimum absolute atomic E-state index is 0.0170. The molecule has 2 heterocycles. The number of carbonyl (C=O) groups is 1. The molecule has 1 fully saturated rings. The topological polar surface area (TPSA) is 56.2 Å². The van der Waals surface area contributed by atoms with E-state index < -0.39 is 0 Å². The highest BCUT2D eigenvalue weighted by atomic mass is 16.5. The number of benzene rings is 1. The maximum atomic E-state index is 12.6. The fourth-order valence-electron chi connectivity index (χ4n) is 3.38. The van der Waals surface area contributed by atoms with E-state index in [-0.39, 0.29) is 24.2 Å². The number of hydrogen-bond acceptors (Lipinski definition) is 3. The van der Waals surface area contributed by atoms with Gasteiger partial charge in [-0.2, -0.15) is 5.10 Å². The summed E-state index contributed by atoms with van der Waals surface area (Å²) in [5, 5.41) is 7.65. The molecule has 0 unspecified atom stereocenters. The smallest absolute Gasteiger partial charge is 0.251 e. The Morgan fingerprint density at radius 3 is 2.54 bits per heavy atom. The zero-order valence-corrected chi connectivity index (χ0v) is 16.1. The Bertz CT molecular complexity index is 724. The molecule has 0 radical (unpaired) electrons. The maximum absolute atomic E-state index is 12.6. The summed E-state index contributed by atoms with van der Waals surface area (Å²) >= 11 is 0. The molecule has 5 nitrogen and oxygen atoms in total. The molecule has 1 aliphatic rings. The summed E-state index contributed by atoms with van der Waals surface area (Å²) < 4.78 is 8.29. The number of carbonyl (C=O) groups excluding carboxylic acids is 1. The van der Waals surface area contributed by atoms with Gasteiger partial charge in [0.2, 0.25) is 0 Å². The average Bonchev–Trinajstić information content (AvgIpc) is 3.12. The number of rotatable bonds is 5. The van der Waals surface area contributed by atoms with Crippen LogP contribution in [-0.2, 0) is 4.74 Å². The van der Waals surface area contributed by atoms with Crippen LogP contribution >= 0.6 is 0 Å². The van der Waals surface area contributed by atoms with E-state index in [1.165, 1.54) is 0 Å². The van der Waals surface area contributed by atoms with Gasteiger partial charge in [0.05, 0.1) is 18.4 Å². The molecule has 5 heteroatoms. The first kappa shape index (κ1) is 18.6. The molecule has 1 aliphatic heterocycles. The Labute approximate surface area is 155 Å². The SMILES string of the molecule is CC(C)[C@H]1C[C@@H](NC(=O)c2ccccc2)C[C@@H](c2cnn(C(C)C)c2)O1. The lowest BCUT2D eigenvalue weighted by molar-refractivity contribution is -0.0823. The lowest BCUT2D eigenvalue weighted by atomic mass is 9.90. The average molecular weight is 355 g/mol. The lowest BCUT2D eigenvalue weighted by Gasteiger charge is -2.37. The van der Waals surface area contributed by atoms with Gasteiger partial charge in [-0.05, 0) is 44.7 Å². The molecular weight excluding hydrogens is 326 g/mol. The molecule has 3 rings (SSSR count). The third-order valence-electron chi connectivity index (χ3n) is 4.99. The molecular formula is C21H29N3O2. The summed E-state index contributed by atoms with van der Waals surface area (Å²) in [4.78, 5) is 12.6. The Kier molecular flexibility index (Phi) is 5.77. The molecule has 1 aromatic heterocycles. The van der Waals surface area contributed by atoms with E-state index in [2.05, 4.69) is 44.3 Å². The molecule has 2 aromatic rings. The number of ether oxygens (including phenoxy) is 1. The summed E-state index contributed by atoms with van der Waals surface area (Å²) in [6.45, 7) is 8.55. The number of nitrogens with one attached hydrogen (secondary N) is 1. The van der Waals surface area contributed by atoms with Crippen LogP contribution in [0.5, 0.6) is 0 Å². The highest BCUT2D eigenvalue weighted by Crippen LogP contribution is 2.34. The van der Waals surface area contributed by atoms with E-state index in [0.29, 0.717) is 17.5 Å². The van der Waals surface area contributed by atoms with Crippen molar-refractivity contribution in [3.8, 4) is 0 Å². The molecule has 26 heavy (non-hydrogen) atoms. The van der Waals surface area contributed by atoms with Gasteiger partial charge >= 0.3 is 0 Å². The fourth-order valence-corrected chi connectivity index (χ4v) is 3.38. The van der Waals surface area contributed by atoms with Gasteiger partial charge in [-0.25, -0.2) is 0 Å². The first-order valence-electron chi connectivity index (χ1n) is 9.49. The molecule has 3 atom stereocenters. The van der Waals surface area contributed by atoms with Crippen LogP contribution in [0.1, 0.15) is 68.6 Å². The van der Waals surface area contributed by atoms with Crippen molar-refractivity contribution in [2.45, 2.75) is 64.8 Å². The zero-order chi connectivity index (χ0) is 18.7. The van der Waals surface area contributed by atoms with Gasteiger partial charge in [-0.15, -0.1) is 0 Å². The first-order valence-corrected chi connectivity index (χ1v) is 9.49. The summed E-state index contributed by atoms with van der Waals surface area (Å²) in [5.41, 5.74) is 1.78. The highest BCUT2D eigenvalue weighted by Gasteiger charge is 2.33. The second-order valence-corrected chi connectivity index (χ2v) is 7.76. The molecule has 0 saturated carbocycles. The van der Waals surface area contributed by atoms with Crippen LogP contribution in [0.3, 0.4) is 0 Å². The van der Waals surface area contributed by atoms with Crippen LogP contribution in [-0.4, -0.2) is 27.8 Å². The van der Waals surface area contributed by atoms with Crippen molar-refractivity contribution in [3.05, 3.63) is 53.9 Å². The van der Waals surface area contributed by atoms with Crippen molar-refractivity contribution < 1.29 is 9.53 Å². The predicted octanol–water partition coefficient (Wildman–Crippen LogP) is 4.14. The largest absolute Gasteiger partial charge is 0.370 e. The summed E-state index contributed by atoms with van der Waals surface area (Å²) in [6, 6.07) is 9.80. The lowest BCUT2D eigenvalue weighted by Crippen LogP contribution is -2.44. The molecule has 0 aliphatic carbocycles. The predicted molar refractivity (Wildman–Crippen MR) is 102 cm³/mol. The van der Waals surface area contributed by atoms with Gasteiger partial charge in [-0.3, -0.25) is 9.48 Å². The number of nitrogens with zero attached hydrogens (tertiary/aromatic N) is 2. The van der Waals surface area contributed by atoms with Crippen LogP contribution in [0.15, 0.2) is 42.7 Å². The Balaban J connectivity index is 1.74. The van der Waals surface area contributed by atoms with Gasteiger partial charge in [-0.1, -0.05) is 32.0 Å². The van der Waals surface area contributed by atoms with Gasteiger partial charge in [0.25, 0.3) is 5.91 Å². The van der Waals surface area contributed by atoms with Gasteiger partial charge in [0.15, 0.2) is 0 Å². The normalized spacial score (nSPS) is 23.4. The molecule has 1 aromatic carbocycles. The van der Waals surface area contributed by atoms with Gasteiger partial charge in [0, 0.05) is 29.4 Å². The maximum Gasteiger partial charge on any atom is 0.251 e. The second-order valence-electron chi connectivity index (χ2n) is 7.76. The molecule has 140 valence electrons. The van der Waals surface area contributed by atoms with Crippen molar-refractivity contribution in [3.63, 3.8) is 0 Å². The number of amides is 1. The first-order chi connectivity index (χ1) is 12.4. The van der Waals surface area contributed by atoms with E-state index in [0.717, 1.165) is 18.4 Å². The van der Waals surface area contributed by atoms with Crippen LogP contribution in [0.2, 0.25) is 0 Å². The Hall–Kier alpha value is -2.14. The highest BCUT2D eigenvalue weighted by molar-refractivity contribution is 5.94. The summed E-state index contributed by atoms with van der Waals surface area (Å²) in [6.07, 6.45) is 5.65. The van der Waals surface area contributed by atoms with Crippen molar-refractivity contribution in [1.29, 1.82) is 0 Å². The minimum atomic E-state index is -0.0373. The number of aromatic nitrogens is 2. The fraction of sp³-hybridized carbons (Fsp3) is 0.524. The van der Waals surface area contributed by atoms with Gasteiger partial charge < -0.3 is 10.1 Å².